The Hall–Kier alpha value is -2.23. The SMILES string of the molecule is Cc1c(C(=O)NCCc2nc3c(F)cccc3n2C)nnn1C1CCNCC1.Cl.Cl. The average molecular weight is 458 g/mol. The molecule has 1 amide bonds. The molecule has 2 aromatic heterocycles. The molecule has 0 saturated carbocycles. The third-order valence-corrected chi connectivity index (χ3v) is 5.39. The molecule has 0 atom stereocenters. The van der Waals surface area contributed by atoms with Gasteiger partial charge in [-0.05, 0) is 45.0 Å². The van der Waals surface area contributed by atoms with Gasteiger partial charge < -0.3 is 15.2 Å². The minimum Gasteiger partial charge on any atom is -0.350 e. The molecule has 0 aliphatic carbocycles. The zero-order valence-electron chi connectivity index (χ0n) is 16.9. The van der Waals surface area contributed by atoms with Gasteiger partial charge in [0.1, 0.15) is 11.3 Å². The van der Waals surface area contributed by atoms with Crippen LogP contribution in [0.3, 0.4) is 0 Å². The normalized spacial score (nSPS) is 14.2. The van der Waals surface area contributed by atoms with E-state index < -0.39 is 0 Å². The second-order valence-electron chi connectivity index (χ2n) is 7.15. The van der Waals surface area contributed by atoms with Crippen LogP contribution >= 0.6 is 24.8 Å². The summed E-state index contributed by atoms with van der Waals surface area (Å²) in [4.78, 5) is 16.9. The molecule has 0 bridgehead atoms. The summed E-state index contributed by atoms with van der Waals surface area (Å²) < 4.78 is 17.6. The number of amides is 1. The summed E-state index contributed by atoms with van der Waals surface area (Å²) in [6.07, 6.45) is 2.46. The largest absolute Gasteiger partial charge is 0.350 e. The molecule has 0 radical (unpaired) electrons. The molecule has 1 aliphatic heterocycles. The van der Waals surface area contributed by atoms with E-state index >= 15 is 0 Å². The first-order chi connectivity index (χ1) is 13.6. The molecule has 4 rings (SSSR count). The Kier molecular flexibility index (Phi) is 8.17. The number of benzene rings is 1. The maximum absolute atomic E-state index is 13.9. The van der Waals surface area contributed by atoms with Crippen molar-refractivity contribution in [3.8, 4) is 0 Å². The van der Waals surface area contributed by atoms with Crippen molar-refractivity contribution in [2.45, 2.75) is 32.2 Å². The molecule has 11 heteroatoms. The van der Waals surface area contributed by atoms with E-state index in [4.69, 9.17) is 0 Å². The van der Waals surface area contributed by atoms with E-state index in [2.05, 4.69) is 25.9 Å². The molecule has 1 fully saturated rings. The molecule has 8 nitrogen and oxygen atoms in total. The van der Waals surface area contributed by atoms with Crippen molar-refractivity contribution in [1.29, 1.82) is 0 Å². The van der Waals surface area contributed by atoms with Crippen molar-refractivity contribution < 1.29 is 9.18 Å². The highest BCUT2D eigenvalue weighted by molar-refractivity contribution is 5.93. The van der Waals surface area contributed by atoms with E-state index in [1.54, 1.807) is 6.07 Å². The zero-order valence-corrected chi connectivity index (χ0v) is 18.5. The third-order valence-electron chi connectivity index (χ3n) is 5.39. The number of aromatic nitrogens is 5. The molecule has 164 valence electrons. The van der Waals surface area contributed by atoms with E-state index in [-0.39, 0.29) is 42.6 Å². The highest BCUT2D eigenvalue weighted by atomic mass is 35.5. The molecule has 1 aromatic carbocycles. The van der Waals surface area contributed by atoms with Gasteiger partial charge in [0.2, 0.25) is 0 Å². The number of para-hydroxylation sites is 1. The Balaban J connectivity index is 0.00000160. The van der Waals surface area contributed by atoms with Crippen LogP contribution in [0, 0.1) is 12.7 Å². The lowest BCUT2D eigenvalue weighted by Gasteiger charge is -2.23. The summed E-state index contributed by atoms with van der Waals surface area (Å²) >= 11 is 0. The van der Waals surface area contributed by atoms with Gasteiger partial charge in [0.25, 0.3) is 5.91 Å². The van der Waals surface area contributed by atoms with Gasteiger partial charge in [-0.15, -0.1) is 29.9 Å². The zero-order chi connectivity index (χ0) is 19.7. The van der Waals surface area contributed by atoms with Crippen LogP contribution in [0.1, 0.15) is 40.9 Å². The summed E-state index contributed by atoms with van der Waals surface area (Å²) in [6, 6.07) is 5.18. The van der Waals surface area contributed by atoms with Crippen LogP contribution in [0.2, 0.25) is 0 Å². The maximum atomic E-state index is 13.9. The minimum absolute atomic E-state index is 0. The smallest absolute Gasteiger partial charge is 0.273 e. The molecular weight excluding hydrogens is 432 g/mol. The number of fused-ring (bicyclic) bond motifs is 1. The van der Waals surface area contributed by atoms with Crippen molar-refractivity contribution in [2.75, 3.05) is 19.6 Å². The van der Waals surface area contributed by atoms with Crippen molar-refractivity contribution in [3.63, 3.8) is 0 Å². The fourth-order valence-corrected chi connectivity index (χ4v) is 3.77. The Morgan fingerprint density at radius 1 is 1.30 bits per heavy atom. The first kappa shape index (κ1) is 24.0. The number of piperidine rings is 1. The number of aryl methyl sites for hydroxylation is 1. The van der Waals surface area contributed by atoms with Gasteiger partial charge in [-0.3, -0.25) is 4.79 Å². The van der Waals surface area contributed by atoms with Gasteiger partial charge >= 0.3 is 0 Å². The summed E-state index contributed by atoms with van der Waals surface area (Å²) in [5, 5.41) is 14.5. The predicted octanol–water partition coefficient (Wildman–Crippen LogP) is 2.35. The lowest BCUT2D eigenvalue weighted by molar-refractivity contribution is 0.0948. The predicted molar refractivity (Wildman–Crippen MR) is 117 cm³/mol. The fourth-order valence-electron chi connectivity index (χ4n) is 3.77. The van der Waals surface area contributed by atoms with E-state index in [9.17, 15) is 9.18 Å². The highest BCUT2D eigenvalue weighted by Gasteiger charge is 2.22. The van der Waals surface area contributed by atoms with E-state index in [0.29, 0.717) is 24.2 Å². The number of nitrogens with one attached hydrogen (secondary N) is 2. The van der Waals surface area contributed by atoms with Crippen LogP contribution in [-0.4, -0.2) is 50.1 Å². The summed E-state index contributed by atoms with van der Waals surface area (Å²) in [5.41, 5.74) is 2.23. The van der Waals surface area contributed by atoms with Crippen LogP contribution in [-0.2, 0) is 13.5 Å². The molecular formula is C19H26Cl2FN7O. The van der Waals surface area contributed by atoms with E-state index in [1.807, 2.05) is 29.3 Å². The molecule has 0 unspecified atom stereocenters. The Morgan fingerprint density at radius 2 is 2.03 bits per heavy atom. The van der Waals surface area contributed by atoms with Crippen molar-refractivity contribution >= 4 is 41.8 Å². The van der Waals surface area contributed by atoms with E-state index in [1.165, 1.54) is 6.07 Å². The number of imidazole rings is 1. The number of carbonyl (C=O) groups is 1. The Bertz CT molecular complexity index is 1010. The van der Waals surface area contributed by atoms with Crippen molar-refractivity contribution in [2.24, 2.45) is 7.05 Å². The number of hydrogen-bond donors (Lipinski definition) is 2. The molecule has 30 heavy (non-hydrogen) atoms. The van der Waals surface area contributed by atoms with Gasteiger partial charge in [0, 0.05) is 20.0 Å². The van der Waals surface area contributed by atoms with Gasteiger partial charge in [0.05, 0.1) is 17.3 Å². The molecule has 1 aliphatic rings. The second-order valence-corrected chi connectivity index (χ2v) is 7.15. The third kappa shape index (κ3) is 4.58. The Labute approximate surface area is 186 Å². The lowest BCUT2D eigenvalue weighted by atomic mass is 10.1. The number of rotatable bonds is 5. The van der Waals surface area contributed by atoms with Gasteiger partial charge in [-0.2, -0.15) is 0 Å². The fraction of sp³-hybridized carbons (Fsp3) is 0.474. The van der Waals surface area contributed by atoms with Crippen LogP contribution in [0.15, 0.2) is 18.2 Å². The maximum Gasteiger partial charge on any atom is 0.273 e. The monoisotopic (exact) mass is 457 g/mol. The Morgan fingerprint density at radius 3 is 2.73 bits per heavy atom. The number of halogens is 3. The summed E-state index contributed by atoms with van der Waals surface area (Å²) in [6.45, 7) is 4.16. The van der Waals surface area contributed by atoms with Crippen LogP contribution < -0.4 is 10.6 Å². The topological polar surface area (TPSA) is 89.7 Å². The molecule has 2 N–H and O–H groups in total. The van der Waals surface area contributed by atoms with Crippen molar-refractivity contribution in [3.05, 3.63) is 41.2 Å². The standard InChI is InChI=1S/C19H24FN7O.2ClH/c1-12-17(24-25-27(12)13-6-9-21-10-7-13)19(28)22-11-8-16-23-18-14(20)4-3-5-15(18)26(16)2;;/h3-5,13,21H,6-11H2,1-2H3,(H,22,28);2*1H. The highest BCUT2D eigenvalue weighted by Crippen LogP contribution is 2.20. The summed E-state index contributed by atoms with van der Waals surface area (Å²) in [5.74, 6) is 0.131. The number of hydrogen-bond acceptors (Lipinski definition) is 5. The average Bonchev–Trinajstić information content (AvgIpc) is 3.24. The second kappa shape index (κ2) is 10.2. The van der Waals surface area contributed by atoms with Crippen LogP contribution in [0.4, 0.5) is 4.39 Å². The molecule has 0 spiro atoms. The first-order valence-corrected chi connectivity index (χ1v) is 9.56. The summed E-state index contributed by atoms with van der Waals surface area (Å²) in [7, 11) is 1.85. The first-order valence-electron chi connectivity index (χ1n) is 9.56. The van der Waals surface area contributed by atoms with Gasteiger partial charge in [0.15, 0.2) is 11.5 Å². The lowest BCUT2D eigenvalue weighted by Crippen LogP contribution is -2.30. The van der Waals surface area contributed by atoms with Crippen LogP contribution in [0.5, 0.6) is 0 Å². The van der Waals surface area contributed by atoms with Crippen molar-refractivity contribution in [1.82, 2.24) is 35.2 Å². The number of nitrogens with zero attached hydrogens (tertiary/aromatic N) is 5. The van der Waals surface area contributed by atoms with Gasteiger partial charge in [-0.25, -0.2) is 14.1 Å². The van der Waals surface area contributed by atoms with E-state index in [0.717, 1.165) is 43.0 Å². The molecule has 1 saturated heterocycles. The molecule has 3 aromatic rings. The number of carbonyl (C=O) groups excluding carboxylic acids is 1. The minimum atomic E-state index is -0.339. The quantitative estimate of drug-likeness (QED) is 0.613. The molecule has 3 heterocycles. The van der Waals surface area contributed by atoms with Crippen LogP contribution in [0.25, 0.3) is 11.0 Å². The van der Waals surface area contributed by atoms with Gasteiger partial charge in [-0.1, -0.05) is 11.3 Å².